The van der Waals surface area contributed by atoms with E-state index in [4.69, 9.17) is 4.74 Å². The number of nitrogens with one attached hydrogen (secondary N) is 1. The van der Waals surface area contributed by atoms with Gasteiger partial charge in [-0.1, -0.05) is 34.1 Å². The van der Waals surface area contributed by atoms with Crippen LogP contribution in [0.3, 0.4) is 0 Å². The molecule has 0 heterocycles. The smallest absolute Gasteiger partial charge is 0.408 e. The van der Waals surface area contributed by atoms with Crippen LogP contribution in [0.5, 0.6) is 0 Å². The Morgan fingerprint density at radius 2 is 1.90 bits per heavy atom. The number of ketones is 1. The standard InChI is InChI=1S/C16H20BrNO3/c1-5-6-13(18-15(20)21-16(2,3)4)14(19)11-7-9-12(17)10-8-11/h5,7-10,13H,1,6H2,2-4H3,(H,18,20). The van der Waals surface area contributed by atoms with Gasteiger partial charge in [-0.2, -0.15) is 0 Å². The molecule has 1 unspecified atom stereocenters. The number of alkyl carbamates (subject to hydrolysis) is 1. The largest absolute Gasteiger partial charge is 0.444 e. The topological polar surface area (TPSA) is 55.4 Å². The number of benzene rings is 1. The van der Waals surface area contributed by atoms with Crippen molar-refractivity contribution in [2.24, 2.45) is 0 Å². The number of halogens is 1. The van der Waals surface area contributed by atoms with Crippen LogP contribution in [0.1, 0.15) is 37.6 Å². The second-order valence-electron chi connectivity index (χ2n) is 5.59. The molecule has 1 aromatic carbocycles. The Morgan fingerprint density at radius 3 is 2.38 bits per heavy atom. The molecular formula is C16H20BrNO3. The molecule has 0 bridgehead atoms. The fourth-order valence-electron chi connectivity index (χ4n) is 1.66. The Balaban J connectivity index is 2.81. The van der Waals surface area contributed by atoms with Crippen LogP contribution in [0.15, 0.2) is 41.4 Å². The van der Waals surface area contributed by atoms with Crippen LogP contribution >= 0.6 is 15.9 Å². The van der Waals surface area contributed by atoms with Crippen molar-refractivity contribution >= 4 is 27.8 Å². The van der Waals surface area contributed by atoms with Gasteiger partial charge in [0, 0.05) is 10.0 Å². The minimum atomic E-state index is -0.682. The van der Waals surface area contributed by atoms with Crippen LogP contribution in [-0.2, 0) is 4.74 Å². The van der Waals surface area contributed by atoms with Crippen molar-refractivity contribution < 1.29 is 14.3 Å². The SMILES string of the molecule is C=CCC(NC(=O)OC(C)(C)C)C(=O)c1ccc(Br)cc1. The van der Waals surface area contributed by atoms with Crippen molar-refractivity contribution in [2.45, 2.75) is 38.8 Å². The Morgan fingerprint density at radius 1 is 1.33 bits per heavy atom. The maximum Gasteiger partial charge on any atom is 0.408 e. The van der Waals surface area contributed by atoms with Crippen molar-refractivity contribution in [3.05, 3.63) is 47.0 Å². The first-order valence-electron chi connectivity index (χ1n) is 6.63. The lowest BCUT2D eigenvalue weighted by Crippen LogP contribution is -2.43. The number of carbonyl (C=O) groups excluding carboxylic acids is 2. The molecule has 4 nitrogen and oxygen atoms in total. The highest BCUT2D eigenvalue weighted by Crippen LogP contribution is 2.14. The monoisotopic (exact) mass is 353 g/mol. The highest BCUT2D eigenvalue weighted by molar-refractivity contribution is 9.10. The number of hydrogen-bond acceptors (Lipinski definition) is 3. The first kappa shape index (κ1) is 17.4. The van der Waals surface area contributed by atoms with Gasteiger partial charge in [0.2, 0.25) is 0 Å². The Labute approximate surface area is 133 Å². The Bertz CT molecular complexity index is 517. The molecule has 1 rings (SSSR count). The molecule has 0 radical (unpaired) electrons. The Hall–Kier alpha value is -1.62. The zero-order chi connectivity index (χ0) is 16.0. The van der Waals surface area contributed by atoms with E-state index >= 15 is 0 Å². The number of rotatable bonds is 5. The molecular weight excluding hydrogens is 334 g/mol. The molecule has 0 aliphatic rings. The summed E-state index contributed by atoms with van der Waals surface area (Å²) in [6.45, 7) is 8.93. The molecule has 0 saturated carbocycles. The lowest BCUT2D eigenvalue weighted by molar-refractivity contribution is 0.0492. The maximum atomic E-state index is 12.4. The van der Waals surface area contributed by atoms with Crippen molar-refractivity contribution in [3.8, 4) is 0 Å². The summed E-state index contributed by atoms with van der Waals surface area (Å²) in [5, 5.41) is 2.59. The molecule has 0 fully saturated rings. The average molecular weight is 354 g/mol. The minimum Gasteiger partial charge on any atom is -0.444 e. The van der Waals surface area contributed by atoms with Crippen molar-refractivity contribution in [3.63, 3.8) is 0 Å². The summed E-state index contributed by atoms with van der Waals surface area (Å²) < 4.78 is 6.06. The highest BCUT2D eigenvalue weighted by atomic mass is 79.9. The second kappa shape index (κ2) is 7.41. The van der Waals surface area contributed by atoms with E-state index in [9.17, 15) is 9.59 Å². The summed E-state index contributed by atoms with van der Waals surface area (Å²) >= 11 is 3.32. The van der Waals surface area contributed by atoms with Gasteiger partial charge in [0.05, 0.1) is 6.04 Å². The predicted molar refractivity (Wildman–Crippen MR) is 86.4 cm³/mol. The maximum absolute atomic E-state index is 12.4. The molecule has 1 amide bonds. The van der Waals surface area contributed by atoms with Gasteiger partial charge < -0.3 is 10.1 Å². The van der Waals surface area contributed by atoms with Crippen LogP contribution in [0.2, 0.25) is 0 Å². The number of ether oxygens (including phenoxy) is 1. The lowest BCUT2D eigenvalue weighted by Gasteiger charge is -2.22. The van der Waals surface area contributed by atoms with Gasteiger partial charge in [-0.3, -0.25) is 4.79 Å². The van der Waals surface area contributed by atoms with Crippen LogP contribution in [0.4, 0.5) is 4.79 Å². The molecule has 0 saturated heterocycles. The average Bonchev–Trinajstić information content (AvgIpc) is 2.36. The van der Waals surface area contributed by atoms with Gasteiger partial charge in [-0.05, 0) is 39.3 Å². The number of amides is 1. The summed E-state index contributed by atoms with van der Waals surface area (Å²) in [6, 6.07) is 6.30. The molecule has 1 aromatic rings. The van der Waals surface area contributed by atoms with Gasteiger partial charge in [0.1, 0.15) is 5.60 Å². The van der Waals surface area contributed by atoms with E-state index in [-0.39, 0.29) is 5.78 Å². The minimum absolute atomic E-state index is 0.173. The van der Waals surface area contributed by atoms with Gasteiger partial charge in [0.15, 0.2) is 5.78 Å². The van der Waals surface area contributed by atoms with Gasteiger partial charge in [-0.25, -0.2) is 4.79 Å². The summed E-state index contributed by atoms with van der Waals surface area (Å²) in [5.74, 6) is -0.173. The van der Waals surface area contributed by atoms with Gasteiger partial charge in [0.25, 0.3) is 0 Å². The highest BCUT2D eigenvalue weighted by Gasteiger charge is 2.24. The molecule has 0 aliphatic heterocycles. The molecule has 21 heavy (non-hydrogen) atoms. The van der Waals surface area contributed by atoms with Crippen LogP contribution < -0.4 is 5.32 Å². The van der Waals surface area contributed by atoms with Gasteiger partial charge in [-0.15, -0.1) is 6.58 Å². The normalized spacial score (nSPS) is 12.4. The summed E-state index contributed by atoms with van der Waals surface area (Å²) in [5.41, 5.74) is -0.0789. The molecule has 0 aliphatic carbocycles. The first-order chi connectivity index (χ1) is 9.73. The third-order valence-electron chi connectivity index (χ3n) is 2.54. The Kier molecular flexibility index (Phi) is 6.15. The molecule has 5 heteroatoms. The van der Waals surface area contributed by atoms with Crippen molar-refractivity contribution in [2.75, 3.05) is 0 Å². The number of carbonyl (C=O) groups is 2. The second-order valence-corrected chi connectivity index (χ2v) is 6.51. The predicted octanol–water partition coefficient (Wildman–Crippen LogP) is 4.10. The fourth-order valence-corrected chi connectivity index (χ4v) is 1.93. The quantitative estimate of drug-likeness (QED) is 0.640. The van der Waals surface area contributed by atoms with E-state index in [1.54, 1.807) is 51.1 Å². The molecule has 114 valence electrons. The van der Waals surface area contributed by atoms with Crippen molar-refractivity contribution in [1.29, 1.82) is 0 Å². The fraction of sp³-hybridized carbons (Fsp3) is 0.375. The number of Topliss-reactive ketones (excluding diaryl/α,β-unsaturated/α-hetero) is 1. The molecule has 0 spiro atoms. The van der Waals surface area contributed by atoms with E-state index in [1.807, 2.05) is 0 Å². The van der Waals surface area contributed by atoms with Crippen LogP contribution in [0, 0.1) is 0 Å². The first-order valence-corrected chi connectivity index (χ1v) is 7.42. The van der Waals surface area contributed by atoms with E-state index < -0.39 is 17.7 Å². The van der Waals surface area contributed by atoms with Crippen LogP contribution in [-0.4, -0.2) is 23.5 Å². The van der Waals surface area contributed by atoms with Gasteiger partial charge >= 0.3 is 6.09 Å². The molecule has 1 atom stereocenters. The summed E-state index contributed by atoms with van der Waals surface area (Å²) in [6.07, 6.45) is 1.33. The van der Waals surface area contributed by atoms with Crippen molar-refractivity contribution in [1.82, 2.24) is 5.32 Å². The molecule has 1 N–H and O–H groups in total. The van der Waals surface area contributed by atoms with Crippen LogP contribution in [0.25, 0.3) is 0 Å². The molecule has 0 aromatic heterocycles. The van der Waals surface area contributed by atoms with E-state index in [0.29, 0.717) is 12.0 Å². The summed E-state index contributed by atoms with van der Waals surface area (Å²) in [7, 11) is 0. The number of hydrogen-bond donors (Lipinski definition) is 1. The third-order valence-corrected chi connectivity index (χ3v) is 3.07. The van der Waals surface area contributed by atoms with E-state index in [1.165, 1.54) is 0 Å². The third kappa shape index (κ3) is 6.12. The summed E-state index contributed by atoms with van der Waals surface area (Å²) in [4.78, 5) is 24.2. The zero-order valence-electron chi connectivity index (χ0n) is 12.5. The van der Waals surface area contributed by atoms with E-state index in [2.05, 4.69) is 27.8 Å². The van der Waals surface area contributed by atoms with E-state index in [0.717, 1.165) is 4.47 Å². The lowest BCUT2D eigenvalue weighted by atomic mass is 10.0. The zero-order valence-corrected chi connectivity index (χ0v) is 14.1.